The summed E-state index contributed by atoms with van der Waals surface area (Å²) < 4.78 is 5.05. The molecule has 4 heteroatoms. The zero-order valence-electron chi connectivity index (χ0n) is 7.78. The monoisotopic (exact) mass is 199 g/mol. The number of benzene rings is 1. The predicted molar refractivity (Wildman–Crippen MR) is 56.6 cm³/mol. The topological polar surface area (TPSA) is 30.5 Å². The van der Waals surface area contributed by atoms with Crippen LogP contribution in [0, 0.1) is 0 Å². The van der Waals surface area contributed by atoms with E-state index in [0.29, 0.717) is 0 Å². The van der Waals surface area contributed by atoms with Crippen LogP contribution in [-0.2, 0) is 4.84 Å². The second-order valence-electron chi connectivity index (χ2n) is 2.88. The van der Waals surface area contributed by atoms with Gasteiger partial charge in [-0.1, -0.05) is 12.1 Å². The molecule has 0 aromatic heterocycles. The summed E-state index contributed by atoms with van der Waals surface area (Å²) in [6.45, 7) is 3.91. The molecular formula is C9H14NO2P. The molecule has 0 aliphatic heterocycles. The first-order valence-corrected chi connectivity index (χ1v) is 4.58. The fourth-order valence-corrected chi connectivity index (χ4v) is 1.04. The Kier molecular flexibility index (Phi) is 4.00. The second-order valence-corrected chi connectivity index (χ2v) is 3.12. The maximum Gasteiger partial charge on any atom is 0.147 e. The Balaban J connectivity index is 2.64. The van der Waals surface area contributed by atoms with Crippen LogP contribution in [0.4, 0.5) is 5.69 Å². The lowest BCUT2D eigenvalue weighted by atomic mass is 10.3. The Morgan fingerprint density at radius 1 is 1.31 bits per heavy atom. The molecule has 1 atom stereocenters. The molecule has 72 valence electrons. The Morgan fingerprint density at radius 2 is 2.00 bits per heavy atom. The molecule has 0 saturated heterocycles. The van der Waals surface area contributed by atoms with Crippen molar-refractivity contribution >= 4 is 15.2 Å². The second kappa shape index (κ2) is 5.05. The summed E-state index contributed by atoms with van der Waals surface area (Å²) in [5, 5.41) is 0. The first kappa shape index (κ1) is 10.3. The van der Waals surface area contributed by atoms with E-state index in [1.54, 1.807) is 0 Å². The van der Waals surface area contributed by atoms with Gasteiger partial charge in [-0.3, -0.25) is 10.3 Å². The van der Waals surface area contributed by atoms with Crippen LogP contribution in [-0.4, -0.2) is 6.10 Å². The Labute approximate surface area is 80.7 Å². The van der Waals surface area contributed by atoms with Crippen molar-refractivity contribution in [2.75, 3.05) is 5.48 Å². The zero-order valence-corrected chi connectivity index (χ0v) is 8.94. The van der Waals surface area contributed by atoms with E-state index < -0.39 is 0 Å². The van der Waals surface area contributed by atoms with Gasteiger partial charge in [-0.25, -0.2) is 0 Å². The molecule has 0 aliphatic rings. The van der Waals surface area contributed by atoms with Gasteiger partial charge in [0.2, 0.25) is 0 Å². The van der Waals surface area contributed by atoms with E-state index in [4.69, 9.17) is 9.36 Å². The van der Waals surface area contributed by atoms with E-state index in [1.165, 1.54) is 0 Å². The largest absolute Gasteiger partial charge is 0.478 e. The molecule has 0 amide bonds. The minimum absolute atomic E-state index is 0.137. The fourth-order valence-electron chi connectivity index (χ4n) is 0.835. The van der Waals surface area contributed by atoms with Gasteiger partial charge in [-0.15, -0.1) is 0 Å². The third-order valence-corrected chi connectivity index (χ3v) is 1.67. The number of rotatable bonds is 4. The highest BCUT2D eigenvalue weighted by Gasteiger charge is 2.01. The van der Waals surface area contributed by atoms with Crippen LogP contribution in [0.3, 0.4) is 0 Å². The average Bonchev–Trinajstić information content (AvgIpc) is 2.15. The van der Waals surface area contributed by atoms with E-state index >= 15 is 0 Å². The van der Waals surface area contributed by atoms with Crippen LogP contribution >= 0.6 is 9.47 Å². The van der Waals surface area contributed by atoms with E-state index in [2.05, 4.69) is 14.9 Å². The van der Waals surface area contributed by atoms with Crippen LogP contribution < -0.4 is 10.0 Å². The third kappa shape index (κ3) is 3.21. The molecule has 1 N–H and O–H groups in total. The van der Waals surface area contributed by atoms with Crippen LogP contribution in [0.2, 0.25) is 0 Å². The summed E-state index contributed by atoms with van der Waals surface area (Å²) in [7, 11) is 2.21. The van der Waals surface area contributed by atoms with Gasteiger partial charge in [0.15, 0.2) is 0 Å². The standard InChI is InChI=1S/C9H14NO2P/c1-7(2)11-10-8-5-3-4-6-9(8)12-13/h3-7,10H,13H2,1-2H3. The molecule has 0 bridgehead atoms. The maximum absolute atomic E-state index is 5.23. The van der Waals surface area contributed by atoms with Gasteiger partial charge in [0.25, 0.3) is 0 Å². The quantitative estimate of drug-likeness (QED) is 0.597. The Hall–Kier alpha value is -0.790. The first-order chi connectivity index (χ1) is 6.24. The molecular weight excluding hydrogens is 185 g/mol. The van der Waals surface area contributed by atoms with Gasteiger partial charge in [-0.2, -0.15) is 0 Å². The molecule has 1 unspecified atom stereocenters. The van der Waals surface area contributed by atoms with Gasteiger partial charge >= 0.3 is 0 Å². The molecule has 13 heavy (non-hydrogen) atoms. The van der Waals surface area contributed by atoms with Crippen molar-refractivity contribution < 1.29 is 9.36 Å². The molecule has 1 rings (SSSR count). The number of hydrogen-bond acceptors (Lipinski definition) is 3. The smallest absolute Gasteiger partial charge is 0.147 e. The molecule has 0 heterocycles. The highest BCUT2D eigenvalue weighted by Crippen LogP contribution is 2.25. The van der Waals surface area contributed by atoms with Crippen LogP contribution in [0.15, 0.2) is 24.3 Å². The Bertz CT molecular complexity index is 266. The van der Waals surface area contributed by atoms with Crippen molar-refractivity contribution in [2.45, 2.75) is 20.0 Å². The van der Waals surface area contributed by atoms with E-state index in [0.717, 1.165) is 11.4 Å². The van der Waals surface area contributed by atoms with Crippen molar-refractivity contribution in [3.05, 3.63) is 24.3 Å². The molecule has 1 aromatic carbocycles. The minimum Gasteiger partial charge on any atom is -0.478 e. The molecule has 3 nitrogen and oxygen atoms in total. The summed E-state index contributed by atoms with van der Waals surface area (Å²) >= 11 is 0. The van der Waals surface area contributed by atoms with E-state index in [9.17, 15) is 0 Å². The highest BCUT2D eigenvalue weighted by molar-refractivity contribution is 7.10. The number of hydrogen-bond donors (Lipinski definition) is 1. The summed E-state index contributed by atoms with van der Waals surface area (Å²) in [4.78, 5) is 5.23. The van der Waals surface area contributed by atoms with Crippen molar-refractivity contribution in [1.29, 1.82) is 0 Å². The summed E-state index contributed by atoms with van der Waals surface area (Å²) in [5.74, 6) is 0.744. The normalized spacial score (nSPS) is 10.2. The number of anilines is 1. The Morgan fingerprint density at radius 3 is 2.62 bits per heavy atom. The summed E-state index contributed by atoms with van der Waals surface area (Å²) in [6.07, 6.45) is 0.137. The first-order valence-electron chi connectivity index (χ1n) is 4.11. The van der Waals surface area contributed by atoms with Crippen molar-refractivity contribution in [2.24, 2.45) is 0 Å². The van der Waals surface area contributed by atoms with Gasteiger partial charge in [0.05, 0.1) is 15.6 Å². The van der Waals surface area contributed by atoms with Gasteiger partial charge in [0, 0.05) is 0 Å². The van der Waals surface area contributed by atoms with Crippen LogP contribution in [0.1, 0.15) is 13.8 Å². The highest BCUT2D eigenvalue weighted by atomic mass is 31.0. The number of nitrogens with one attached hydrogen (secondary N) is 1. The molecule has 0 aliphatic carbocycles. The molecule has 0 radical (unpaired) electrons. The summed E-state index contributed by atoms with van der Waals surface area (Å²) in [5.41, 5.74) is 3.65. The minimum atomic E-state index is 0.137. The molecule has 1 aromatic rings. The van der Waals surface area contributed by atoms with Gasteiger partial charge in [0.1, 0.15) is 11.4 Å². The number of para-hydroxylation sites is 2. The SMILES string of the molecule is CC(C)ONc1ccccc1OP. The lowest BCUT2D eigenvalue weighted by Gasteiger charge is -2.12. The molecule has 0 saturated carbocycles. The van der Waals surface area contributed by atoms with E-state index in [1.807, 2.05) is 38.1 Å². The molecule has 0 spiro atoms. The van der Waals surface area contributed by atoms with Crippen molar-refractivity contribution in [3.8, 4) is 5.75 Å². The third-order valence-electron chi connectivity index (χ3n) is 1.42. The van der Waals surface area contributed by atoms with Gasteiger partial charge in [-0.05, 0) is 26.0 Å². The maximum atomic E-state index is 5.23. The van der Waals surface area contributed by atoms with Crippen molar-refractivity contribution in [1.82, 2.24) is 0 Å². The zero-order chi connectivity index (χ0) is 9.68. The predicted octanol–water partition coefficient (Wildman–Crippen LogP) is 2.61. The summed E-state index contributed by atoms with van der Waals surface area (Å²) in [6, 6.07) is 7.57. The van der Waals surface area contributed by atoms with Crippen LogP contribution in [0.25, 0.3) is 0 Å². The lowest BCUT2D eigenvalue weighted by molar-refractivity contribution is 0.130. The average molecular weight is 199 g/mol. The van der Waals surface area contributed by atoms with E-state index in [-0.39, 0.29) is 6.10 Å². The molecule has 0 fully saturated rings. The van der Waals surface area contributed by atoms with Crippen molar-refractivity contribution in [3.63, 3.8) is 0 Å². The van der Waals surface area contributed by atoms with Gasteiger partial charge < -0.3 is 4.52 Å². The fraction of sp³-hybridized carbons (Fsp3) is 0.333. The lowest BCUT2D eigenvalue weighted by Crippen LogP contribution is -2.09. The van der Waals surface area contributed by atoms with Crippen LogP contribution in [0.5, 0.6) is 5.75 Å².